The first-order valence-electron chi connectivity index (χ1n) is 5.79. The Morgan fingerprint density at radius 3 is 2.74 bits per heavy atom. The molecule has 0 aliphatic rings. The summed E-state index contributed by atoms with van der Waals surface area (Å²) in [5.41, 5.74) is 0.445. The fourth-order valence-electron chi connectivity index (χ4n) is 1.35. The molecular weight excluding hydrogens is 264 g/mol. The molecule has 2 rings (SSSR count). The highest BCUT2D eigenvalue weighted by atomic mass is 32.2. The van der Waals surface area contributed by atoms with Gasteiger partial charge < -0.3 is 9.30 Å². The molecule has 2 heterocycles. The topological polar surface area (TPSA) is 69.9 Å². The van der Waals surface area contributed by atoms with E-state index in [2.05, 4.69) is 15.2 Å². The molecule has 0 aliphatic carbocycles. The van der Waals surface area contributed by atoms with Gasteiger partial charge in [0.1, 0.15) is 10.9 Å². The van der Waals surface area contributed by atoms with Gasteiger partial charge in [-0.2, -0.15) is 0 Å². The summed E-state index contributed by atoms with van der Waals surface area (Å²) >= 11 is 1.39. The molecule has 6 nitrogen and oxygen atoms in total. The van der Waals surface area contributed by atoms with Crippen molar-refractivity contribution in [3.05, 3.63) is 29.7 Å². The first-order valence-corrected chi connectivity index (χ1v) is 6.60. The molecule has 2 aromatic heterocycles. The van der Waals surface area contributed by atoms with E-state index in [-0.39, 0.29) is 5.97 Å². The largest absolute Gasteiger partial charge is 0.462 e. The van der Waals surface area contributed by atoms with E-state index in [1.807, 2.05) is 18.5 Å². The van der Waals surface area contributed by atoms with Gasteiger partial charge in [-0.1, -0.05) is 0 Å². The van der Waals surface area contributed by atoms with Crippen LogP contribution in [-0.2, 0) is 11.8 Å². The molecule has 0 atom stereocenters. The van der Waals surface area contributed by atoms with Crippen LogP contribution in [-0.4, -0.2) is 32.3 Å². The SMILES string of the molecule is CCOC(=O)c1ccc(Sc2nnc(C)n2C)nc1. The molecule has 0 unspecified atom stereocenters. The monoisotopic (exact) mass is 278 g/mol. The van der Waals surface area contributed by atoms with Crippen molar-refractivity contribution in [2.75, 3.05) is 6.61 Å². The number of aryl methyl sites for hydroxylation is 1. The van der Waals surface area contributed by atoms with Crippen molar-refractivity contribution in [1.82, 2.24) is 19.7 Å². The summed E-state index contributed by atoms with van der Waals surface area (Å²) in [5.74, 6) is 0.478. The molecule has 0 spiro atoms. The van der Waals surface area contributed by atoms with Gasteiger partial charge in [0.15, 0.2) is 5.16 Å². The molecule has 0 N–H and O–H groups in total. The zero-order valence-electron chi connectivity index (χ0n) is 11.0. The second kappa shape index (κ2) is 5.83. The predicted octanol–water partition coefficient (Wildman–Crippen LogP) is 1.85. The summed E-state index contributed by atoms with van der Waals surface area (Å²) in [6.45, 7) is 4.01. The predicted molar refractivity (Wildman–Crippen MR) is 70.1 cm³/mol. The van der Waals surface area contributed by atoms with Gasteiger partial charge in [0, 0.05) is 13.2 Å². The number of rotatable bonds is 4. The molecule has 0 aliphatic heterocycles. The highest BCUT2D eigenvalue weighted by Gasteiger charge is 2.10. The molecule has 7 heteroatoms. The van der Waals surface area contributed by atoms with Crippen LogP contribution in [0.2, 0.25) is 0 Å². The summed E-state index contributed by atoms with van der Waals surface area (Å²) in [6, 6.07) is 3.46. The third-order valence-corrected chi connectivity index (χ3v) is 3.48. The summed E-state index contributed by atoms with van der Waals surface area (Å²) in [6.07, 6.45) is 1.50. The Balaban J connectivity index is 2.11. The van der Waals surface area contributed by atoms with Crippen molar-refractivity contribution in [3.63, 3.8) is 0 Å². The summed E-state index contributed by atoms with van der Waals surface area (Å²) in [4.78, 5) is 15.7. The maximum Gasteiger partial charge on any atom is 0.339 e. The van der Waals surface area contributed by atoms with Gasteiger partial charge in [0.25, 0.3) is 0 Å². The lowest BCUT2D eigenvalue weighted by Gasteiger charge is -2.03. The minimum absolute atomic E-state index is 0.355. The molecule has 0 saturated carbocycles. The molecular formula is C12H14N4O2S. The van der Waals surface area contributed by atoms with E-state index >= 15 is 0 Å². The van der Waals surface area contributed by atoms with E-state index in [0.29, 0.717) is 12.2 Å². The van der Waals surface area contributed by atoms with Crippen molar-refractivity contribution in [3.8, 4) is 0 Å². The molecule has 0 amide bonds. The average Bonchev–Trinajstić information content (AvgIpc) is 2.72. The lowest BCUT2D eigenvalue weighted by Crippen LogP contribution is -2.04. The molecule has 0 bridgehead atoms. The van der Waals surface area contributed by atoms with E-state index in [4.69, 9.17) is 4.74 Å². The van der Waals surface area contributed by atoms with Crippen LogP contribution in [0.1, 0.15) is 23.1 Å². The van der Waals surface area contributed by atoms with Gasteiger partial charge in [-0.3, -0.25) is 0 Å². The fraction of sp³-hybridized carbons (Fsp3) is 0.333. The third kappa shape index (κ3) is 3.11. The number of hydrogen-bond acceptors (Lipinski definition) is 6. The van der Waals surface area contributed by atoms with Crippen LogP contribution in [0.5, 0.6) is 0 Å². The number of nitrogens with zero attached hydrogens (tertiary/aromatic N) is 4. The Labute approximate surface area is 115 Å². The quantitative estimate of drug-likeness (QED) is 0.795. The number of ether oxygens (including phenoxy) is 1. The van der Waals surface area contributed by atoms with Crippen molar-refractivity contribution < 1.29 is 9.53 Å². The lowest BCUT2D eigenvalue weighted by molar-refractivity contribution is 0.0525. The first kappa shape index (κ1) is 13.5. The summed E-state index contributed by atoms with van der Waals surface area (Å²) in [5, 5.41) is 9.53. The number of carbonyl (C=O) groups is 1. The van der Waals surface area contributed by atoms with E-state index < -0.39 is 0 Å². The normalized spacial score (nSPS) is 10.5. The second-order valence-electron chi connectivity index (χ2n) is 3.80. The minimum atomic E-state index is -0.360. The van der Waals surface area contributed by atoms with Gasteiger partial charge in [-0.05, 0) is 37.7 Å². The summed E-state index contributed by atoms with van der Waals surface area (Å²) in [7, 11) is 1.89. The van der Waals surface area contributed by atoms with Gasteiger partial charge in [0.05, 0.1) is 12.2 Å². The van der Waals surface area contributed by atoms with Crippen LogP contribution >= 0.6 is 11.8 Å². The smallest absolute Gasteiger partial charge is 0.339 e. The van der Waals surface area contributed by atoms with E-state index in [1.54, 1.807) is 19.1 Å². The summed E-state index contributed by atoms with van der Waals surface area (Å²) < 4.78 is 6.78. The molecule has 100 valence electrons. The Morgan fingerprint density at radius 2 is 2.21 bits per heavy atom. The first-order chi connectivity index (χ1) is 9.11. The third-order valence-electron chi connectivity index (χ3n) is 2.50. The molecule has 0 radical (unpaired) electrons. The molecule has 19 heavy (non-hydrogen) atoms. The lowest BCUT2D eigenvalue weighted by atomic mass is 10.3. The van der Waals surface area contributed by atoms with Crippen molar-refractivity contribution >= 4 is 17.7 Å². The highest BCUT2D eigenvalue weighted by Crippen LogP contribution is 2.24. The van der Waals surface area contributed by atoms with Crippen LogP contribution in [0.25, 0.3) is 0 Å². The van der Waals surface area contributed by atoms with Crippen molar-refractivity contribution in [2.45, 2.75) is 24.0 Å². The van der Waals surface area contributed by atoms with Gasteiger partial charge in [-0.15, -0.1) is 10.2 Å². The second-order valence-corrected chi connectivity index (χ2v) is 4.78. The van der Waals surface area contributed by atoms with Crippen LogP contribution in [0.3, 0.4) is 0 Å². The number of hydrogen-bond donors (Lipinski definition) is 0. The molecule has 0 saturated heterocycles. The molecule has 2 aromatic rings. The standard InChI is InChI=1S/C12H14N4O2S/c1-4-18-11(17)9-5-6-10(13-7-9)19-12-15-14-8(2)16(12)3/h5-7H,4H2,1-3H3. The number of aromatic nitrogens is 4. The number of pyridine rings is 1. The maximum atomic E-state index is 11.5. The van der Waals surface area contributed by atoms with Gasteiger partial charge >= 0.3 is 5.97 Å². The Hall–Kier alpha value is -1.89. The van der Waals surface area contributed by atoms with Crippen LogP contribution in [0, 0.1) is 6.92 Å². The van der Waals surface area contributed by atoms with Crippen LogP contribution in [0.15, 0.2) is 28.5 Å². The Bertz CT molecular complexity index is 580. The zero-order chi connectivity index (χ0) is 13.8. The Kier molecular flexibility index (Phi) is 4.16. The molecule has 0 aromatic carbocycles. The Morgan fingerprint density at radius 1 is 1.42 bits per heavy atom. The van der Waals surface area contributed by atoms with E-state index in [0.717, 1.165) is 16.0 Å². The van der Waals surface area contributed by atoms with Crippen LogP contribution < -0.4 is 0 Å². The fourth-order valence-corrected chi connectivity index (χ4v) is 2.13. The zero-order valence-corrected chi connectivity index (χ0v) is 11.8. The van der Waals surface area contributed by atoms with Crippen LogP contribution in [0.4, 0.5) is 0 Å². The van der Waals surface area contributed by atoms with Gasteiger partial charge in [-0.25, -0.2) is 9.78 Å². The number of esters is 1. The minimum Gasteiger partial charge on any atom is -0.462 e. The van der Waals surface area contributed by atoms with E-state index in [1.165, 1.54) is 18.0 Å². The maximum absolute atomic E-state index is 11.5. The number of carbonyl (C=O) groups excluding carboxylic acids is 1. The highest BCUT2D eigenvalue weighted by molar-refractivity contribution is 7.99. The van der Waals surface area contributed by atoms with Crippen molar-refractivity contribution in [1.29, 1.82) is 0 Å². The average molecular weight is 278 g/mol. The van der Waals surface area contributed by atoms with Gasteiger partial charge in [0.2, 0.25) is 0 Å². The van der Waals surface area contributed by atoms with E-state index in [9.17, 15) is 4.79 Å². The molecule has 0 fully saturated rings. The van der Waals surface area contributed by atoms with Crippen molar-refractivity contribution in [2.24, 2.45) is 7.05 Å².